The minimum atomic E-state index is -4.30. The lowest BCUT2D eigenvalue weighted by Gasteiger charge is -2.30. The molecule has 1 unspecified atom stereocenters. The number of aryl methyl sites for hydroxylation is 1. The Morgan fingerprint density at radius 2 is 2.17 bits per heavy atom. The van der Waals surface area contributed by atoms with Crippen LogP contribution in [-0.4, -0.2) is 42.4 Å². The lowest BCUT2D eigenvalue weighted by atomic mass is 10.1. The van der Waals surface area contributed by atoms with Crippen LogP contribution in [0.3, 0.4) is 0 Å². The fraction of sp³-hybridized carbons (Fsp3) is 0.636. The molecule has 0 saturated carbocycles. The largest absolute Gasteiger partial charge is 0.401 e. The third-order valence-electron chi connectivity index (χ3n) is 2.64. The predicted octanol–water partition coefficient (Wildman–Crippen LogP) is 1.91. The summed E-state index contributed by atoms with van der Waals surface area (Å²) in [6.45, 7) is 0.513. The molecule has 7 heteroatoms. The smallest absolute Gasteiger partial charge is 0.395 e. The molecule has 1 aromatic rings. The van der Waals surface area contributed by atoms with Gasteiger partial charge >= 0.3 is 6.18 Å². The van der Waals surface area contributed by atoms with E-state index >= 15 is 0 Å². The van der Waals surface area contributed by atoms with Gasteiger partial charge in [-0.15, -0.1) is 11.3 Å². The Kier molecular flexibility index (Phi) is 5.58. The molecule has 0 radical (unpaired) electrons. The van der Waals surface area contributed by atoms with Crippen LogP contribution in [-0.2, 0) is 0 Å². The first-order valence-electron chi connectivity index (χ1n) is 5.54. The molecule has 0 bridgehead atoms. The highest BCUT2D eigenvalue weighted by atomic mass is 32.1. The van der Waals surface area contributed by atoms with Crippen LogP contribution in [0.25, 0.3) is 0 Å². The summed E-state index contributed by atoms with van der Waals surface area (Å²) in [5, 5.41) is 10.7. The Hall–Kier alpha value is -0.630. The lowest BCUT2D eigenvalue weighted by molar-refractivity contribution is -0.151. The molecule has 1 atom stereocenters. The fourth-order valence-electron chi connectivity index (χ4n) is 1.85. The van der Waals surface area contributed by atoms with Crippen molar-refractivity contribution in [3.8, 4) is 0 Å². The molecule has 18 heavy (non-hydrogen) atoms. The summed E-state index contributed by atoms with van der Waals surface area (Å²) >= 11 is 1.39. The van der Waals surface area contributed by atoms with E-state index in [4.69, 9.17) is 10.8 Å². The molecule has 1 rings (SSSR count). The van der Waals surface area contributed by atoms with Gasteiger partial charge in [0, 0.05) is 18.0 Å². The van der Waals surface area contributed by atoms with Crippen molar-refractivity contribution in [3.63, 3.8) is 0 Å². The van der Waals surface area contributed by atoms with Gasteiger partial charge in [-0.05, 0) is 23.9 Å². The number of thiophene rings is 1. The second kappa shape index (κ2) is 6.51. The average molecular weight is 282 g/mol. The van der Waals surface area contributed by atoms with E-state index < -0.39 is 18.8 Å². The molecule has 1 aromatic heterocycles. The number of aliphatic hydroxyl groups is 1. The Bertz CT molecular complexity index is 367. The Morgan fingerprint density at radius 3 is 2.56 bits per heavy atom. The zero-order chi connectivity index (χ0) is 13.8. The monoisotopic (exact) mass is 282 g/mol. The number of aliphatic hydroxyl groups excluding tert-OH is 1. The van der Waals surface area contributed by atoms with Gasteiger partial charge in [0.2, 0.25) is 0 Å². The Balaban J connectivity index is 2.91. The number of nitrogens with two attached hydrogens (primary N) is 1. The van der Waals surface area contributed by atoms with Crippen molar-refractivity contribution in [3.05, 3.63) is 21.9 Å². The summed E-state index contributed by atoms with van der Waals surface area (Å²) in [4.78, 5) is 2.01. The van der Waals surface area contributed by atoms with Crippen molar-refractivity contribution >= 4 is 11.3 Å². The second-order valence-corrected chi connectivity index (χ2v) is 4.98. The molecule has 0 spiro atoms. The van der Waals surface area contributed by atoms with Gasteiger partial charge in [0.15, 0.2) is 0 Å². The van der Waals surface area contributed by atoms with Crippen LogP contribution in [0.5, 0.6) is 0 Å². The van der Waals surface area contributed by atoms with Gasteiger partial charge in [-0.25, -0.2) is 0 Å². The van der Waals surface area contributed by atoms with Gasteiger partial charge in [-0.1, -0.05) is 0 Å². The van der Waals surface area contributed by atoms with Crippen LogP contribution < -0.4 is 5.73 Å². The number of nitrogens with zero attached hydrogens (tertiary/aromatic N) is 1. The van der Waals surface area contributed by atoms with Gasteiger partial charge in [-0.3, -0.25) is 4.90 Å². The maximum atomic E-state index is 12.5. The van der Waals surface area contributed by atoms with E-state index in [0.717, 1.165) is 10.4 Å². The third-order valence-corrected chi connectivity index (χ3v) is 3.76. The van der Waals surface area contributed by atoms with E-state index in [0.29, 0.717) is 0 Å². The molecule has 0 aliphatic carbocycles. The predicted molar refractivity (Wildman–Crippen MR) is 65.6 cm³/mol. The molecule has 0 aliphatic rings. The lowest BCUT2D eigenvalue weighted by Crippen LogP contribution is -2.41. The van der Waals surface area contributed by atoms with Crippen molar-refractivity contribution in [1.82, 2.24) is 4.90 Å². The van der Waals surface area contributed by atoms with Crippen molar-refractivity contribution in [2.24, 2.45) is 5.73 Å². The van der Waals surface area contributed by atoms with Crippen molar-refractivity contribution in [2.45, 2.75) is 19.1 Å². The van der Waals surface area contributed by atoms with Crippen LogP contribution in [0.2, 0.25) is 0 Å². The standard InChI is InChI=1S/C11H17F3N2OS/c1-8-2-5-18-10(8)9(6-15)16(3-4-17)7-11(12,13)14/h2,5,9,17H,3-4,6-7,15H2,1H3. The van der Waals surface area contributed by atoms with E-state index in [9.17, 15) is 13.2 Å². The quantitative estimate of drug-likeness (QED) is 0.838. The van der Waals surface area contributed by atoms with Crippen LogP contribution in [0, 0.1) is 6.92 Å². The second-order valence-electron chi connectivity index (χ2n) is 4.03. The van der Waals surface area contributed by atoms with Crippen LogP contribution in [0.15, 0.2) is 11.4 Å². The molecule has 3 N–H and O–H groups in total. The summed E-state index contributed by atoms with van der Waals surface area (Å²) in [7, 11) is 0. The molecule has 0 saturated heterocycles. The molecule has 1 heterocycles. The normalized spacial score (nSPS) is 14.2. The van der Waals surface area contributed by atoms with E-state index in [2.05, 4.69) is 0 Å². The minimum absolute atomic E-state index is 0.0429. The Morgan fingerprint density at radius 1 is 1.50 bits per heavy atom. The molecule has 0 aliphatic heterocycles. The van der Waals surface area contributed by atoms with E-state index in [-0.39, 0.29) is 19.7 Å². The fourth-order valence-corrected chi connectivity index (χ4v) is 2.93. The molecule has 0 amide bonds. The maximum absolute atomic E-state index is 12.5. The highest BCUT2D eigenvalue weighted by Gasteiger charge is 2.34. The maximum Gasteiger partial charge on any atom is 0.401 e. The first kappa shape index (κ1) is 15.4. The van der Waals surface area contributed by atoms with Crippen molar-refractivity contribution in [2.75, 3.05) is 26.2 Å². The summed E-state index contributed by atoms with van der Waals surface area (Å²) in [5.41, 5.74) is 6.53. The third kappa shape index (κ3) is 4.24. The van der Waals surface area contributed by atoms with Gasteiger partial charge in [0.1, 0.15) is 0 Å². The number of halogens is 3. The molecule has 3 nitrogen and oxygen atoms in total. The van der Waals surface area contributed by atoms with E-state index in [1.54, 1.807) is 0 Å². The zero-order valence-electron chi connectivity index (χ0n) is 10.1. The SMILES string of the molecule is Cc1ccsc1C(CN)N(CCO)CC(F)(F)F. The van der Waals surface area contributed by atoms with Crippen molar-refractivity contribution < 1.29 is 18.3 Å². The number of rotatable bonds is 6. The molecular formula is C11H17F3N2OS. The van der Waals surface area contributed by atoms with Crippen LogP contribution in [0.1, 0.15) is 16.5 Å². The molecule has 0 fully saturated rings. The van der Waals surface area contributed by atoms with Gasteiger partial charge in [-0.2, -0.15) is 13.2 Å². The number of hydrogen-bond donors (Lipinski definition) is 2. The van der Waals surface area contributed by atoms with Crippen LogP contribution in [0.4, 0.5) is 13.2 Å². The first-order valence-corrected chi connectivity index (χ1v) is 6.42. The van der Waals surface area contributed by atoms with Crippen molar-refractivity contribution in [1.29, 1.82) is 0 Å². The van der Waals surface area contributed by atoms with Gasteiger partial charge in [0.25, 0.3) is 0 Å². The topological polar surface area (TPSA) is 49.5 Å². The number of alkyl halides is 3. The molecule has 104 valence electrons. The molecule has 0 aromatic carbocycles. The summed E-state index contributed by atoms with van der Waals surface area (Å²) in [5.74, 6) is 0. The summed E-state index contributed by atoms with van der Waals surface area (Å²) < 4.78 is 37.5. The average Bonchev–Trinajstić information content (AvgIpc) is 2.64. The van der Waals surface area contributed by atoms with Crippen LogP contribution >= 0.6 is 11.3 Å². The number of hydrogen-bond acceptors (Lipinski definition) is 4. The van der Waals surface area contributed by atoms with Gasteiger partial charge < -0.3 is 10.8 Å². The van der Waals surface area contributed by atoms with E-state index in [1.807, 2.05) is 18.4 Å². The zero-order valence-corrected chi connectivity index (χ0v) is 10.9. The van der Waals surface area contributed by atoms with E-state index in [1.165, 1.54) is 16.2 Å². The minimum Gasteiger partial charge on any atom is -0.395 e. The summed E-state index contributed by atoms with van der Waals surface area (Å²) in [6.07, 6.45) is -4.30. The van der Waals surface area contributed by atoms with Gasteiger partial charge in [0.05, 0.1) is 19.2 Å². The summed E-state index contributed by atoms with van der Waals surface area (Å²) in [6, 6.07) is 1.35. The first-order chi connectivity index (χ1) is 8.39. The molecular weight excluding hydrogens is 265 g/mol. The highest BCUT2D eigenvalue weighted by molar-refractivity contribution is 7.10. The Labute approximate surface area is 108 Å². The highest BCUT2D eigenvalue weighted by Crippen LogP contribution is 2.30.